The molecule has 0 saturated carbocycles. The van der Waals surface area contributed by atoms with Crippen molar-refractivity contribution in [1.29, 1.82) is 0 Å². The van der Waals surface area contributed by atoms with Crippen LogP contribution in [0.4, 0.5) is 0 Å². The van der Waals surface area contributed by atoms with Gasteiger partial charge in [-0.2, -0.15) is 5.21 Å². The zero-order valence-electron chi connectivity index (χ0n) is 19.7. The molecule has 2 aromatic carbocycles. The first-order chi connectivity index (χ1) is 16.5. The quantitative estimate of drug-likeness (QED) is 0.412. The van der Waals surface area contributed by atoms with Gasteiger partial charge in [0.15, 0.2) is 0 Å². The Bertz CT molecular complexity index is 1180. The number of piperidine rings is 1. The van der Waals surface area contributed by atoms with Gasteiger partial charge < -0.3 is 9.64 Å². The molecule has 176 valence electrons. The van der Waals surface area contributed by atoms with Crippen LogP contribution in [0.1, 0.15) is 45.1 Å². The largest absolute Gasteiger partial charge is 0.466 e. The van der Waals surface area contributed by atoms with Gasteiger partial charge in [0.05, 0.1) is 13.7 Å². The standard InChI is InChI=1S/C26H29N5O3/c1-4-26(5-2)15-20(14-24(33)34-3)31(23(32)16-26)17-18-10-12-19(13-11-18)21-8-6-7-9-22(21)25-27-29-30-28-25/h6-14H,4-5,15-17H2,1-3H3,(H,27,28,29,30)/b20-14+. The van der Waals surface area contributed by atoms with Gasteiger partial charge in [-0.05, 0) is 46.6 Å². The number of methoxy groups -OCH3 is 1. The number of allylic oxidation sites excluding steroid dienone is 1. The number of tetrazole rings is 1. The number of hydrogen-bond donors (Lipinski definition) is 1. The number of aromatic nitrogens is 4. The zero-order chi connectivity index (χ0) is 24.1. The highest BCUT2D eigenvalue weighted by atomic mass is 16.5. The highest BCUT2D eigenvalue weighted by molar-refractivity contribution is 5.86. The van der Waals surface area contributed by atoms with Crippen LogP contribution in [-0.2, 0) is 20.9 Å². The van der Waals surface area contributed by atoms with Crippen LogP contribution in [0.25, 0.3) is 22.5 Å². The Morgan fingerprint density at radius 3 is 2.41 bits per heavy atom. The minimum Gasteiger partial charge on any atom is -0.466 e. The Kier molecular flexibility index (Phi) is 6.86. The number of ether oxygens (including phenoxy) is 1. The Morgan fingerprint density at radius 2 is 1.79 bits per heavy atom. The summed E-state index contributed by atoms with van der Waals surface area (Å²) in [5, 5.41) is 14.4. The fourth-order valence-corrected chi connectivity index (χ4v) is 4.56. The number of aromatic amines is 1. The van der Waals surface area contributed by atoms with E-state index in [4.69, 9.17) is 4.74 Å². The smallest absolute Gasteiger partial charge is 0.332 e. The van der Waals surface area contributed by atoms with E-state index in [1.54, 1.807) is 4.90 Å². The number of likely N-dealkylation sites (tertiary alicyclic amines) is 1. The van der Waals surface area contributed by atoms with Crippen molar-refractivity contribution < 1.29 is 14.3 Å². The molecule has 1 aromatic heterocycles. The van der Waals surface area contributed by atoms with Gasteiger partial charge in [0.2, 0.25) is 11.7 Å². The van der Waals surface area contributed by atoms with Crippen LogP contribution in [0.3, 0.4) is 0 Å². The molecule has 0 atom stereocenters. The van der Waals surface area contributed by atoms with Gasteiger partial charge in [-0.25, -0.2) is 4.79 Å². The molecule has 2 heterocycles. The van der Waals surface area contributed by atoms with Crippen LogP contribution in [0.15, 0.2) is 60.3 Å². The first-order valence-corrected chi connectivity index (χ1v) is 11.5. The third-order valence-corrected chi connectivity index (χ3v) is 6.83. The van der Waals surface area contributed by atoms with Gasteiger partial charge in [-0.15, -0.1) is 10.2 Å². The second kappa shape index (κ2) is 9.99. The number of amides is 1. The molecule has 0 radical (unpaired) electrons. The average molecular weight is 460 g/mol. The Hall–Kier alpha value is -3.81. The zero-order valence-corrected chi connectivity index (χ0v) is 19.7. The van der Waals surface area contributed by atoms with Gasteiger partial charge in [-0.1, -0.05) is 62.4 Å². The molecule has 1 fully saturated rings. The van der Waals surface area contributed by atoms with Crippen LogP contribution in [0, 0.1) is 5.41 Å². The molecular weight excluding hydrogens is 430 g/mol. The lowest BCUT2D eigenvalue weighted by Gasteiger charge is -2.42. The van der Waals surface area contributed by atoms with E-state index < -0.39 is 5.97 Å². The summed E-state index contributed by atoms with van der Waals surface area (Å²) in [6.07, 6.45) is 4.39. The lowest BCUT2D eigenvalue weighted by Crippen LogP contribution is -2.42. The fourth-order valence-electron chi connectivity index (χ4n) is 4.56. The molecule has 1 amide bonds. The number of esters is 1. The van der Waals surface area contributed by atoms with E-state index in [0.717, 1.165) is 40.8 Å². The van der Waals surface area contributed by atoms with Crippen LogP contribution < -0.4 is 0 Å². The number of benzene rings is 2. The van der Waals surface area contributed by atoms with Crippen molar-refractivity contribution in [3.8, 4) is 22.5 Å². The van der Waals surface area contributed by atoms with Crippen molar-refractivity contribution in [2.45, 2.75) is 46.1 Å². The molecule has 8 nitrogen and oxygen atoms in total. The minimum atomic E-state index is -0.441. The fraction of sp³-hybridized carbons (Fsp3) is 0.346. The predicted octanol–water partition coefficient (Wildman–Crippen LogP) is 4.52. The second-order valence-electron chi connectivity index (χ2n) is 8.68. The molecule has 1 saturated heterocycles. The number of rotatable bonds is 7. The van der Waals surface area contributed by atoms with Gasteiger partial charge >= 0.3 is 5.97 Å². The Morgan fingerprint density at radius 1 is 1.09 bits per heavy atom. The third-order valence-electron chi connectivity index (χ3n) is 6.83. The lowest BCUT2D eigenvalue weighted by molar-refractivity contribution is -0.136. The van der Waals surface area contributed by atoms with E-state index in [0.29, 0.717) is 25.2 Å². The van der Waals surface area contributed by atoms with E-state index in [1.165, 1.54) is 13.2 Å². The van der Waals surface area contributed by atoms with Crippen molar-refractivity contribution in [2.75, 3.05) is 7.11 Å². The number of nitrogens with one attached hydrogen (secondary N) is 1. The van der Waals surface area contributed by atoms with Crippen molar-refractivity contribution in [2.24, 2.45) is 5.41 Å². The van der Waals surface area contributed by atoms with Gasteiger partial charge in [-0.3, -0.25) is 4.79 Å². The molecule has 0 bridgehead atoms. The van der Waals surface area contributed by atoms with Gasteiger partial charge in [0.25, 0.3) is 0 Å². The number of carbonyl (C=O) groups is 2. The summed E-state index contributed by atoms with van der Waals surface area (Å²) in [6.45, 7) is 4.61. The number of nitrogens with zero attached hydrogens (tertiary/aromatic N) is 4. The molecule has 3 aromatic rings. The van der Waals surface area contributed by atoms with Crippen LogP contribution in [0.5, 0.6) is 0 Å². The summed E-state index contributed by atoms with van der Waals surface area (Å²) >= 11 is 0. The molecule has 4 rings (SSSR count). The average Bonchev–Trinajstić information content (AvgIpc) is 3.41. The van der Waals surface area contributed by atoms with Crippen molar-refractivity contribution >= 4 is 11.9 Å². The maximum Gasteiger partial charge on any atom is 0.332 e. The summed E-state index contributed by atoms with van der Waals surface area (Å²) in [6, 6.07) is 15.9. The monoisotopic (exact) mass is 459 g/mol. The number of carbonyl (C=O) groups excluding carboxylic acids is 2. The first-order valence-electron chi connectivity index (χ1n) is 11.5. The normalized spacial score (nSPS) is 16.6. The predicted molar refractivity (Wildman–Crippen MR) is 128 cm³/mol. The van der Waals surface area contributed by atoms with Crippen LogP contribution >= 0.6 is 0 Å². The summed E-state index contributed by atoms with van der Waals surface area (Å²) in [4.78, 5) is 27.0. The van der Waals surface area contributed by atoms with Crippen LogP contribution in [0.2, 0.25) is 0 Å². The topological polar surface area (TPSA) is 101 Å². The molecular formula is C26H29N5O3. The van der Waals surface area contributed by atoms with Gasteiger partial charge in [0, 0.05) is 23.8 Å². The number of H-pyrrole nitrogens is 1. The summed E-state index contributed by atoms with van der Waals surface area (Å²) < 4.78 is 4.86. The highest BCUT2D eigenvalue weighted by Crippen LogP contribution is 2.43. The molecule has 1 N–H and O–H groups in total. The lowest BCUT2D eigenvalue weighted by atomic mass is 9.72. The van der Waals surface area contributed by atoms with Crippen LogP contribution in [-0.4, -0.2) is 44.5 Å². The molecule has 1 aliphatic heterocycles. The molecule has 0 aliphatic carbocycles. The van der Waals surface area contributed by atoms with E-state index in [9.17, 15) is 9.59 Å². The Balaban J connectivity index is 1.60. The number of hydrogen-bond acceptors (Lipinski definition) is 6. The van der Waals surface area contributed by atoms with E-state index >= 15 is 0 Å². The van der Waals surface area contributed by atoms with E-state index in [2.05, 4.69) is 34.5 Å². The van der Waals surface area contributed by atoms with E-state index in [-0.39, 0.29) is 11.3 Å². The third kappa shape index (κ3) is 4.76. The summed E-state index contributed by atoms with van der Waals surface area (Å²) in [5.74, 6) is 0.132. The molecule has 34 heavy (non-hydrogen) atoms. The summed E-state index contributed by atoms with van der Waals surface area (Å²) in [5.41, 5.74) is 4.47. The molecule has 1 aliphatic rings. The Labute approximate surface area is 199 Å². The second-order valence-corrected chi connectivity index (χ2v) is 8.68. The maximum atomic E-state index is 13.2. The van der Waals surface area contributed by atoms with Crippen molar-refractivity contribution in [3.05, 3.63) is 65.9 Å². The molecule has 8 heteroatoms. The van der Waals surface area contributed by atoms with E-state index in [1.807, 2.05) is 48.5 Å². The van der Waals surface area contributed by atoms with Crippen molar-refractivity contribution in [1.82, 2.24) is 25.5 Å². The summed E-state index contributed by atoms with van der Waals surface area (Å²) in [7, 11) is 1.35. The minimum absolute atomic E-state index is 0.0385. The first kappa shape index (κ1) is 23.4. The van der Waals surface area contributed by atoms with Gasteiger partial charge in [0.1, 0.15) is 0 Å². The SMILES string of the molecule is CCC1(CC)CC(=O)N(Cc2ccc(-c3ccccc3-c3nn[nH]n3)cc2)/C(=C/C(=O)OC)C1. The maximum absolute atomic E-state index is 13.2. The highest BCUT2D eigenvalue weighted by Gasteiger charge is 2.39. The molecule has 0 spiro atoms. The van der Waals surface area contributed by atoms with Crippen molar-refractivity contribution in [3.63, 3.8) is 0 Å². The molecule has 0 unspecified atom stereocenters.